The standard InChI is InChI=1S/C18H22N2O/c1-12(2)15-6-4-14(5-7-15)11-20-16-8-9-17(18(19)21)13(3)10-16/h4-10,12,20H,11H2,1-3H3,(H2,19,21). The Bertz CT molecular complexity index is 630. The largest absolute Gasteiger partial charge is 0.381 e. The predicted octanol–water partition coefficient (Wildman–Crippen LogP) is 3.83. The van der Waals surface area contributed by atoms with Gasteiger partial charge in [-0.25, -0.2) is 0 Å². The molecular weight excluding hydrogens is 260 g/mol. The fourth-order valence-electron chi connectivity index (χ4n) is 2.27. The third-order valence-corrected chi connectivity index (χ3v) is 3.63. The molecule has 0 unspecified atom stereocenters. The lowest BCUT2D eigenvalue weighted by atomic mass is 10.0. The summed E-state index contributed by atoms with van der Waals surface area (Å²) in [5.41, 5.74) is 10.3. The van der Waals surface area contributed by atoms with E-state index >= 15 is 0 Å². The smallest absolute Gasteiger partial charge is 0.248 e. The van der Waals surface area contributed by atoms with Crippen LogP contribution in [0.5, 0.6) is 0 Å². The molecule has 0 bridgehead atoms. The molecular formula is C18H22N2O. The van der Waals surface area contributed by atoms with Gasteiger partial charge in [0.1, 0.15) is 0 Å². The van der Waals surface area contributed by atoms with E-state index in [0.717, 1.165) is 17.8 Å². The van der Waals surface area contributed by atoms with Crippen LogP contribution in [0.3, 0.4) is 0 Å². The van der Waals surface area contributed by atoms with Crippen molar-refractivity contribution in [1.82, 2.24) is 0 Å². The summed E-state index contributed by atoms with van der Waals surface area (Å²) < 4.78 is 0. The number of carbonyl (C=O) groups excluding carboxylic acids is 1. The highest BCUT2D eigenvalue weighted by Crippen LogP contribution is 2.17. The van der Waals surface area contributed by atoms with Gasteiger partial charge < -0.3 is 11.1 Å². The number of benzene rings is 2. The zero-order valence-electron chi connectivity index (χ0n) is 12.8. The van der Waals surface area contributed by atoms with Crippen LogP contribution in [-0.4, -0.2) is 5.91 Å². The molecule has 0 saturated carbocycles. The van der Waals surface area contributed by atoms with E-state index in [1.807, 2.05) is 19.1 Å². The molecule has 0 aliphatic rings. The average molecular weight is 282 g/mol. The van der Waals surface area contributed by atoms with E-state index in [1.54, 1.807) is 6.07 Å². The van der Waals surface area contributed by atoms with Gasteiger partial charge in [-0.3, -0.25) is 4.79 Å². The molecule has 1 amide bonds. The molecule has 3 N–H and O–H groups in total. The Morgan fingerprint density at radius 3 is 2.33 bits per heavy atom. The van der Waals surface area contributed by atoms with Crippen molar-refractivity contribution in [3.05, 3.63) is 64.7 Å². The molecule has 110 valence electrons. The quantitative estimate of drug-likeness (QED) is 0.875. The van der Waals surface area contributed by atoms with Crippen molar-refractivity contribution in [2.45, 2.75) is 33.2 Å². The number of amides is 1. The number of carbonyl (C=O) groups is 1. The lowest BCUT2D eigenvalue weighted by Gasteiger charge is -2.10. The molecule has 21 heavy (non-hydrogen) atoms. The van der Waals surface area contributed by atoms with Gasteiger partial charge in [0, 0.05) is 17.8 Å². The summed E-state index contributed by atoms with van der Waals surface area (Å²) in [6.07, 6.45) is 0. The first-order chi connectivity index (χ1) is 9.97. The van der Waals surface area contributed by atoms with Gasteiger partial charge in [0.15, 0.2) is 0 Å². The van der Waals surface area contributed by atoms with Crippen molar-refractivity contribution in [3.63, 3.8) is 0 Å². The average Bonchev–Trinajstić information content (AvgIpc) is 2.45. The molecule has 2 aromatic rings. The van der Waals surface area contributed by atoms with Crippen LogP contribution in [0.25, 0.3) is 0 Å². The Labute approximate surface area is 126 Å². The van der Waals surface area contributed by atoms with Crippen molar-refractivity contribution in [2.24, 2.45) is 5.73 Å². The summed E-state index contributed by atoms with van der Waals surface area (Å²) in [6.45, 7) is 7.03. The molecule has 3 nitrogen and oxygen atoms in total. The molecule has 0 aliphatic carbocycles. The summed E-state index contributed by atoms with van der Waals surface area (Å²) in [7, 11) is 0. The van der Waals surface area contributed by atoms with Gasteiger partial charge in [0.2, 0.25) is 5.91 Å². The first-order valence-corrected chi connectivity index (χ1v) is 7.20. The van der Waals surface area contributed by atoms with Crippen LogP contribution >= 0.6 is 0 Å². The van der Waals surface area contributed by atoms with E-state index in [9.17, 15) is 4.79 Å². The number of nitrogens with two attached hydrogens (primary N) is 1. The summed E-state index contributed by atoms with van der Waals surface area (Å²) >= 11 is 0. The number of primary amides is 1. The highest BCUT2D eigenvalue weighted by Gasteiger charge is 2.05. The van der Waals surface area contributed by atoms with Gasteiger partial charge in [-0.1, -0.05) is 38.1 Å². The Morgan fingerprint density at radius 2 is 1.81 bits per heavy atom. The second kappa shape index (κ2) is 6.44. The summed E-state index contributed by atoms with van der Waals surface area (Å²) in [5, 5.41) is 3.36. The number of hydrogen-bond acceptors (Lipinski definition) is 2. The van der Waals surface area contributed by atoms with Crippen molar-refractivity contribution in [3.8, 4) is 0 Å². The van der Waals surface area contributed by atoms with Crippen molar-refractivity contribution < 1.29 is 4.79 Å². The Kier molecular flexibility index (Phi) is 4.63. The minimum atomic E-state index is -0.386. The Morgan fingerprint density at radius 1 is 1.14 bits per heavy atom. The van der Waals surface area contributed by atoms with E-state index in [0.29, 0.717) is 11.5 Å². The molecule has 0 aliphatic heterocycles. The third kappa shape index (κ3) is 3.85. The molecule has 0 saturated heterocycles. The lowest BCUT2D eigenvalue weighted by Crippen LogP contribution is -2.12. The molecule has 2 aromatic carbocycles. The van der Waals surface area contributed by atoms with Crippen molar-refractivity contribution >= 4 is 11.6 Å². The number of aryl methyl sites for hydroxylation is 1. The topological polar surface area (TPSA) is 55.1 Å². The van der Waals surface area contributed by atoms with Crippen LogP contribution in [0.15, 0.2) is 42.5 Å². The number of hydrogen-bond donors (Lipinski definition) is 2. The van der Waals surface area contributed by atoms with Crippen molar-refractivity contribution in [2.75, 3.05) is 5.32 Å². The SMILES string of the molecule is Cc1cc(NCc2ccc(C(C)C)cc2)ccc1C(N)=O. The highest BCUT2D eigenvalue weighted by atomic mass is 16.1. The Hall–Kier alpha value is -2.29. The first-order valence-electron chi connectivity index (χ1n) is 7.20. The predicted molar refractivity (Wildman–Crippen MR) is 87.6 cm³/mol. The normalized spacial score (nSPS) is 10.7. The lowest BCUT2D eigenvalue weighted by molar-refractivity contribution is 0.1000. The molecule has 3 heteroatoms. The van der Waals surface area contributed by atoms with Gasteiger partial charge in [0.25, 0.3) is 0 Å². The van der Waals surface area contributed by atoms with E-state index in [2.05, 4.69) is 43.4 Å². The second-order valence-electron chi connectivity index (χ2n) is 5.64. The van der Waals surface area contributed by atoms with E-state index in [1.165, 1.54) is 11.1 Å². The monoisotopic (exact) mass is 282 g/mol. The number of nitrogens with one attached hydrogen (secondary N) is 1. The van der Waals surface area contributed by atoms with Crippen LogP contribution in [0, 0.1) is 6.92 Å². The minimum Gasteiger partial charge on any atom is -0.381 e. The zero-order chi connectivity index (χ0) is 15.4. The molecule has 0 fully saturated rings. The molecule has 0 heterocycles. The highest BCUT2D eigenvalue weighted by molar-refractivity contribution is 5.94. The molecule has 2 rings (SSSR count). The van der Waals surface area contributed by atoms with Crippen LogP contribution in [0.4, 0.5) is 5.69 Å². The van der Waals surface area contributed by atoms with E-state index < -0.39 is 0 Å². The first kappa shape index (κ1) is 15.1. The van der Waals surface area contributed by atoms with Crippen LogP contribution in [-0.2, 0) is 6.54 Å². The van der Waals surface area contributed by atoms with Crippen LogP contribution in [0.1, 0.15) is 46.8 Å². The molecule has 0 aromatic heterocycles. The summed E-state index contributed by atoms with van der Waals surface area (Å²) in [5.74, 6) is 0.166. The maximum absolute atomic E-state index is 11.2. The minimum absolute atomic E-state index is 0.386. The number of rotatable bonds is 5. The van der Waals surface area contributed by atoms with Gasteiger partial charge in [0.05, 0.1) is 0 Å². The second-order valence-corrected chi connectivity index (χ2v) is 5.64. The van der Waals surface area contributed by atoms with Gasteiger partial charge >= 0.3 is 0 Å². The molecule has 0 radical (unpaired) electrons. The zero-order valence-corrected chi connectivity index (χ0v) is 12.8. The summed E-state index contributed by atoms with van der Waals surface area (Å²) in [6, 6.07) is 14.2. The van der Waals surface area contributed by atoms with E-state index in [4.69, 9.17) is 5.73 Å². The van der Waals surface area contributed by atoms with Gasteiger partial charge in [-0.05, 0) is 47.7 Å². The third-order valence-electron chi connectivity index (χ3n) is 3.63. The fourth-order valence-corrected chi connectivity index (χ4v) is 2.27. The molecule has 0 spiro atoms. The Balaban J connectivity index is 2.03. The summed E-state index contributed by atoms with van der Waals surface area (Å²) in [4.78, 5) is 11.2. The van der Waals surface area contributed by atoms with Crippen LogP contribution < -0.4 is 11.1 Å². The van der Waals surface area contributed by atoms with Crippen LogP contribution in [0.2, 0.25) is 0 Å². The van der Waals surface area contributed by atoms with E-state index in [-0.39, 0.29) is 5.91 Å². The maximum atomic E-state index is 11.2. The van der Waals surface area contributed by atoms with Gasteiger partial charge in [-0.15, -0.1) is 0 Å². The van der Waals surface area contributed by atoms with Gasteiger partial charge in [-0.2, -0.15) is 0 Å². The maximum Gasteiger partial charge on any atom is 0.248 e. The number of anilines is 1. The van der Waals surface area contributed by atoms with Crippen molar-refractivity contribution in [1.29, 1.82) is 0 Å². The molecule has 0 atom stereocenters. The fraction of sp³-hybridized carbons (Fsp3) is 0.278.